The van der Waals surface area contributed by atoms with Crippen LogP contribution in [-0.2, 0) is 9.47 Å². The molecule has 0 radical (unpaired) electrons. The van der Waals surface area contributed by atoms with Crippen molar-refractivity contribution in [2.24, 2.45) is 0 Å². The lowest BCUT2D eigenvalue weighted by Gasteiger charge is -2.28. The number of rotatable bonds is 10. The molecule has 0 amide bonds. The van der Waals surface area contributed by atoms with Gasteiger partial charge in [0.1, 0.15) is 36.9 Å². The molecule has 1 aromatic rings. The Morgan fingerprint density at radius 3 is 1.43 bits per heavy atom. The lowest BCUT2D eigenvalue weighted by atomic mass is 10.3. The highest BCUT2D eigenvalue weighted by Crippen LogP contribution is 2.18. The minimum Gasteiger partial charge on any atom is -0.491 e. The number of hydrogen-bond acceptors (Lipinski definition) is 8. The van der Waals surface area contributed by atoms with Gasteiger partial charge in [0.05, 0.1) is 26.4 Å². The predicted octanol–water partition coefficient (Wildman–Crippen LogP) is -0.170. The van der Waals surface area contributed by atoms with Gasteiger partial charge in [-0.2, -0.15) is 0 Å². The number of β-amino-alcohol motifs (C(OH)–C–C–N with tert-alkyl or cyclic N) is 2. The molecule has 2 heterocycles. The molecule has 2 atom stereocenters. The van der Waals surface area contributed by atoms with Crippen LogP contribution in [0.2, 0.25) is 0 Å². The minimum atomic E-state index is -0.538. The van der Waals surface area contributed by atoms with E-state index in [0.717, 1.165) is 52.6 Å². The molecule has 8 nitrogen and oxygen atoms in total. The molecule has 28 heavy (non-hydrogen) atoms. The van der Waals surface area contributed by atoms with Crippen LogP contribution in [0.15, 0.2) is 24.3 Å². The van der Waals surface area contributed by atoms with Gasteiger partial charge in [-0.05, 0) is 24.3 Å². The standard InChI is InChI=1S/C20H32N2O6/c23-17(13-21-5-9-25-10-6-21)15-27-19-1-2-20(4-3-19)28-16-18(24)14-22-7-11-26-12-8-22/h1-4,17-18,23-24H,5-16H2/t17-,18-/m0/s1. The van der Waals surface area contributed by atoms with E-state index in [9.17, 15) is 10.2 Å². The zero-order valence-corrected chi connectivity index (χ0v) is 16.4. The molecule has 2 N–H and O–H groups in total. The van der Waals surface area contributed by atoms with Crippen LogP contribution < -0.4 is 9.47 Å². The summed E-state index contributed by atoms with van der Waals surface area (Å²) in [6.45, 7) is 7.93. The Morgan fingerprint density at radius 2 is 1.07 bits per heavy atom. The van der Waals surface area contributed by atoms with E-state index < -0.39 is 12.2 Å². The lowest BCUT2D eigenvalue weighted by Crippen LogP contribution is -2.42. The summed E-state index contributed by atoms with van der Waals surface area (Å²) >= 11 is 0. The first-order valence-corrected chi connectivity index (χ1v) is 10.0. The number of aliphatic hydroxyl groups is 2. The molecule has 8 heteroatoms. The molecule has 0 aromatic heterocycles. The zero-order chi connectivity index (χ0) is 19.6. The average Bonchev–Trinajstić information content (AvgIpc) is 2.73. The van der Waals surface area contributed by atoms with Gasteiger partial charge in [0, 0.05) is 39.3 Å². The van der Waals surface area contributed by atoms with Gasteiger partial charge in [-0.1, -0.05) is 0 Å². The summed E-state index contributed by atoms with van der Waals surface area (Å²) in [6, 6.07) is 7.24. The number of ether oxygens (including phenoxy) is 4. The summed E-state index contributed by atoms with van der Waals surface area (Å²) in [5, 5.41) is 20.3. The average molecular weight is 396 g/mol. The van der Waals surface area contributed by atoms with Crippen molar-refractivity contribution in [2.75, 3.05) is 78.9 Å². The number of aliphatic hydroxyl groups excluding tert-OH is 2. The van der Waals surface area contributed by atoms with E-state index in [0.29, 0.717) is 24.6 Å². The second-order valence-electron chi connectivity index (χ2n) is 7.23. The Morgan fingerprint density at radius 1 is 0.714 bits per heavy atom. The largest absolute Gasteiger partial charge is 0.491 e. The van der Waals surface area contributed by atoms with Crippen LogP contribution in [0.25, 0.3) is 0 Å². The third-order valence-electron chi connectivity index (χ3n) is 4.85. The monoisotopic (exact) mass is 396 g/mol. The Balaban J connectivity index is 1.32. The van der Waals surface area contributed by atoms with Gasteiger partial charge in [-0.25, -0.2) is 0 Å². The number of benzene rings is 1. The smallest absolute Gasteiger partial charge is 0.119 e. The summed E-state index contributed by atoms with van der Waals surface area (Å²) in [7, 11) is 0. The van der Waals surface area contributed by atoms with Crippen LogP contribution in [0, 0.1) is 0 Å². The van der Waals surface area contributed by atoms with E-state index in [2.05, 4.69) is 9.80 Å². The van der Waals surface area contributed by atoms with Crippen LogP contribution in [0.5, 0.6) is 11.5 Å². The third-order valence-corrected chi connectivity index (χ3v) is 4.85. The summed E-state index contributed by atoms with van der Waals surface area (Å²) in [5.41, 5.74) is 0. The topological polar surface area (TPSA) is 83.9 Å². The molecule has 158 valence electrons. The van der Waals surface area contributed by atoms with Crippen molar-refractivity contribution in [2.45, 2.75) is 12.2 Å². The molecule has 0 unspecified atom stereocenters. The first-order valence-electron chi connectivity index (χ1n) is 10.0. The van der Waals surface area contributed by atoms with Crippen LogP contribution in [0.1, 0.15) is 0 Å². The van der Waals surface area contributed by atoms with Crippen molar-refractivity contribution in [1.82, 2.24) is 9.80 Å². The SMILES string of the molecule is O[C@H](COc1ccc(OC[C@@H](O)CN2CCOCC2)cc1)CN1CCOCC1. The van der Waals surface area contributed by atoms with Crippen molar-refractivity contribution in [1.29, 1.82) is 0 Å². The Bertz CT molecular complexity index is 497. The maximum absolute atomic E-state index is 10.1. The Labute approximate surface area is 166 Å². The van der Waals surface area contributed by atoms with E-state index in [1.165, 1.54) is 0 Å². The number of morpholine rings is 2. The summed E-state index contributed by atoms with van der Waals surface area (Å²) in [6.07, 6.45) is -1.08. The van der Waals surface area contributed by atoms with E-state index in [4.69, 9.17) is 18.9 Å². The minimum absolute atomic E-state index is 0.246. The lowest BCUT2D eigenvalue weighted by molar-refractivity contribution is 0.00419. The van der Waals surface area contributed by atoms with Gasteiger partial charge in [0.25, 0.3) is 0 Å². The molecule has 2 aliphatic heterocycles. The van der Waals surface area contributed by atoms with Crippen LogP contribution in [-0.4, -0.2) is 111 Å². The highest BCUT2D eigenvalue weighted by Gasteiger charge is 2.16. The maximum Gasteiger partial charge on any atom is 0.119 e. The summed E-state index contributed by atoms with van der Waals surface area (Å²) < 4.78 is 21.9. The van der Waals surface area contributed by atoms with Gasteiger partial charge in [0.2, 0.25) is 0 Å². The highest BCUT2D eigenvalue weighted by molar-refractivity contribution is 5.31. The van der Waals surface area contributed by atoms with Gasteiger partial charge in [0.15, 0.2) is 0 Å². The van der Waals surface area contributed by atoms with Gasteiger partial charge < -0.3 is 29.2 Å². The summed E-state index contributed by atoms with van der Waals surface area (Å²) in [5.74, 6) is 1.37. The first kappa shape index (κ1) is 21.3. The van der Waals surface area contributed by atoms with E-state index in [-0.39, 0.29) is 13.2 Å². The maximum atomic E-state index is 10.1. The molecule has 0 spiro atoms. The number of hydrogen-bond donors (Lipinski definition) is 2. The van der Waals surface area contributed by atoms with E-state index in [1.54, 1.807) is 0 Å². The molecule has 0 bridgehead atoms. The molecular formula is C20H32N2O6. The van der Waals surface area contributed by atoms with Gasteiger partial charge in [-0.15, -0.1) is 0 Å². The quantitative estimate of drug-likeness (QED) is 0.564. The predicted molar refractivity (Wildman–Crippen MR) is 104 cm³/mol. The normalized spacial score (nSPS) is 21.2. The van der Waals surface area contributed by atoms with Crippen molar-refractivity contribution in [3.05, 3.63) is 24.3 Å². The van der Waals surface area contributed by atoms with Gasteiger partial charge in [-0.3, -0.25) is 9.80 Å². The van der Waals surface area contributed by atoms with E-state index in [1.807, 2.05) is 24.3 Å². The molecule has 3 rings (SSSR count). The number of nitrogens with zero attached hydrogens (tertiary/aromatic N) is 2. The van der Waals surface area contributed by atoms with Crippen molar-refractivity contribution in [3.8, 4) is 11.5 Å². The second-order valence-corrected chi connectivity index (χ2v) is 7.23. The Hall–Kier alpha value is -1.42. The molecule has 1 aromatic carbocycles. The zero-order valence-electron chi connectivity index (χ0n) is 16.4. The fraction of sp³-hybridized carbons (Fsp3) is 0.700. The Kier molecular flexibility index (Phi) is 8.78. The summed E-state index contributed by atoms with van der Waals surface area (Å²) in [4.78, 5) is 4.35. The van der Waals surface area contributed by atoms with Crippen LogP contribution in [0.3, 0.4) is 0 Å². The molecule has 2 fully saturated rings. The first-order chi connectivity index (χ1) is 13.7. The van der Waals surface area contributed by atoms with Crippen molar-refractivity contribution < 1.29 is 29.2 Å². The third kappa shape index (κ3) is 7.54. The van der Waals surface area contributed by atoms with E-state index >= 15 is 0 Å². The molecule has 2 saturated heterocycles. The second kappa shape index (κ2) is 11.5. The molecular weight excluding hydrogens is 364 g/mol. The van der Waals surface area contributed by atoms with Crippen LogP contribution >= 0.6 is 0 Å². The van der Waals surface area contributed by atoms with Crippen molar-refractivity contribution in [3.63, 3.8) is 0 Å². The van der Waals surface area contributed by atoms with Gasteiger partial charge >= 0.3 is 0 Å². The molecule has 0 saturated carbocycles. The highest BCUT2D eigenvalue weighted by atomic mass is 16.5. The molecule has 0 aliphatic carbocycles. The molecule has 2 aliphatic rings. The fourth-order valence-electron chi connectivity index (χ4n) is 3.29. The fourth-order valence-corrected chi connectivity index (χ4v) is 3.29. The van der Waals surface area contributed by atoms with Crippen molar-refractivity contribution >= 4 is 0 Å². The van der Waals surface area contributed by atoms with Crippen LogP contribution in [0.4, 0.5) is 0 Å².